The predicted molar refractivity (Wildman–Crippen MR) is 99.5 cm³/mol. The van der Waals surface area contributed by atoms with E-state index in [1.165, 1.54) is 43.3 Å². The molecule has 2 aromatic rings. The maximum Gasteiger partial charge on any atom is 0.338 e. The molecule has 0 aliphatic carbocycles. The summed E-state index contributed by atoms with van der Waals surface area (Å²) in [5.41, 5.74) is 0.305. The Balaban J connectivity index is 2.09. The monoisotopic (exact) mass is 415 g/mol. The van der Waals surface area contributed by atoms with Crippen molar-refractivity contribution in [2.45, 2.75) is 17.9 Å². The lowest BCUT2D eigenvalue weighted by atomic mass is 10.2. The van der Waals surface area contributed by atoms with Crippen LogP contribution in [0.25, 0.3) is 0 Å². The normalized spacial score (nSPS) is 12.3. The van der Waals surface area contributed by atoms with Crippen LogP contribution in [-0.4, -0.2) is 32.7 Å². The van der Waals surface area contributed by atoms with Gasteiger partial charge in [-0.1, -0.05) is 29.3 Å². The number of ether oxygens (including phenoxy) is 1. The Morgan fingerprint density at radius 1 is 1.12 bits per heavy atom. The summed E-state index contributed by atoms with van der Waals surface area (Å²) >= 11 is 11.8. The number of nitrogens with one attached hydrogen (secondary N) is 1. The smallest absolute Gasteiger partial charge is 0.338 e. The van der Waals surface area contributed by atoms with Gasteiger partial charge in [-0.3, -0.25) is 4.79 Å². The lowest BCUT2D eigenvalue weighted by Gasteiger charge is -2.14. The van der Waals surface area contributed by atoms with Crippen molar-refractivity contribution < 1.29 is 22.7 Å². The maximum absolute atomic E-state index is 12.2. The molecule has 0 aliphatic heterocycles. The largest absolute Gasteiger partial charge is 0.449 e. The zero-order chi connectivity index (χ0) is 19.5. The lowest BCUT2D eigenvalue weighted by Crippen LogP contribution is -2.30. The van der Waals surface area contributed by atoms with Gasteiger partial charge < -0.3 is 10.1 Å². The van der Waals surface area contributed by atoms with E-state index in [1.54, 1.807) is 6.07 Å². The van der Waals surface area contributed by atoms with E-state index in [0.717, 1.165) is 6.26 Å². The fourth-order valence-corrected chi connectivity index (χ4v) is 2.97. The van der Waals surface area contributed by atoms with Crippen LogP contribution in [-0.2, 0) is 19.4 Å². The fourth-order valence-electron chi connectivity index (χ4n) is 1.96. The number of halogens is 2. The van der Waals surface area contributed by atoms with Gasteiger partial charge >= 0.3 is 5.97 Å². The topological polar surface area (TPSA) is 89.5 Å². The molecular formula is C17H15Cl2NO5S. The van der Waals surface area contributed by atoms with Crippen molar-refractivity contribution in [3.8, 4) is 0 Å². The summed E-state index contributed by atoms with van der Waals surface area (Å²) in [6, 6.07) is 9.93. The summed E-state index contributed by atoms with van der Waals surface area (Å²) in [5.74, 6) is -1.43. The average Bonchev–Trinajstić information content (AvgIpc) is 2.57. The molecule has 0 fully saturated rings. The lowest BCUT2D eigenvalue weighted by molar-refractivity contribution is -0.123. The Labute approximate surface area is 161 Å². The van der Waals surface area contributed by atoms with Crippen LogP contribution in [0.15, 0.2) is 47.4 Å². The van der Waals surface area contributed by atoms with Gasteiger partial charge in [0.25, 0.3) is 5.91 Å². The molecule has 138 valence electrons. The Morgan fingerprint density at radius 3 is 2.46 bits per heavy atom. The van der Waals surface area contributed by atoms with Crippen LogP contribution in [0.3, 0.4) is 0 Å². The van der Waals surface area contributed by atoms with Crippen LogP contribution in [0.4, 0.5) is 5.69 Å². The summed E-state index contributed by atoms with van der Waals surface area (Å²) in [6.45, 7) is 1.38. The van der Waals surface area contributed by atoms with Crippen LogP contribution in [0, 0.1) is 0 Å². The highest BCUT2D eigenvalue weighted by atomic mass is 35.5. The van der Waals surface area contributed by atoms with Gasteiger partial charge in [-0.15, -0.1) is 0 Å². The van der Waals surface area contributed by atoms with E-state index in [4.69, 9.17) is 27.9 Å². The van der Waals surface area contributed by atoms with E-state index in [0.29, 0.717) is 5.02 Å². The van der Waals surface area contributed by atoms with Crippen molar-refractivity contribution in [1.29, 1.82) is 0 Å². The van der Waals surface area contributed by atoms with Crippen LogP contribution in [0.1, 0.15) is 17.3 Å². The first-order valence-electron chi connectivity index (χ1n) is 7.35. The molecule has 0 saturated carbocycles. The minimum absolute atomic E-state index is 0.0187. The van der Waals surface area contributed by atoms with Crippen LogP contribution < -0.4 is 5.32 Å². The second-order valence-corrected chi connectivity index (χ2v) is 8.32. The third-order valence-corrected chi connectivity index (χ3v) is 5.01. The molecule has 0 spiro atoms. The van der Waals surface area contributed by atoms with Crippen molar-refractivity contribution >= 4 is 50.6 Å². The molecule has 1 atom stereocenters. The van der Waals surface area contributed by atoms with E-state index in [9.17, 15) is 18.0 Å². The molecule has 6 nitrogen and oxygen atoms in total. The second kappa shape index (κ2) is 8.07. The van der Waals surface area contributed by atoms with Crippen LogP contribution in [0.2, 0.25) is 10.0 Å². The van der Waals surface area contributed by atoms with Crippen LogP contribution in [0.5, 0.6) is 0 Å². The number of anilines is 1. The fraction of sp³-hybridized carbons (Fsp3) is 0.176. The van der Waals surface area contributed by atoms with E-state index in [1.807, 2.05) is 0 Å². The van der Waals surface area contributed by atoms with Crippen molar-refractivity contribution in [2.24, 2.45) is 0 Å². The Hall–Kier alpha value is -2.09. The molecule has 0 heterocycles. The van der Waals surface area contributed by atoms with Gasteiger partial charge in [-0.2, -0.15) is 0 Å². The highest BCUT2D eigenvalue weighted by Crippen LogP contribution is 2.25. The molecule has 2 aromatic carbocycles. The summed E-state index contributed by atoms with van der Waals surface area (Å²) in [6.07, 6.45) is -0.109. The Morgan fingerprint density at radius 2 is 1.81 bits per heavy atom. The molecule has 1 amide bonds. The highest BCUT2D eigenvalue weighted by molar-refractivity contribution is 7.90. The summed E-state index contributed by atoms with van der Waals surface area (Å²) in [5, 5.41) is 3.18. The molecule has 2 rings (SSSR count). The SMILES string of the molecule is C[C@@H](OC(=O)c1cccc(S(C)(=O)=O)c1)C(=O)Nc1cc(Cl)ccc1Cl. The van der Waals surface area contributed by atoms with Gasteiger partial charge in [0.1, 0.15) is 0 Å². The Kier molecular flexibility index (Phi) is 6.28. The molecule has 26 heavy (non-hydrogen) atoms. The highest BCUT2D eigenvalue weighted by Gasteiger charge is 2.21. The summed E-state index contributed by atoms with van der Waals surface area (Å²) in [7, 11) is -3.47. The number of hydrogen-bond donors (Lipinski definition) is 1. The number of hydrogen-bond acceptors (Lipinski definition) is 5. The number of benzene rings is 2. The van der Waals surface area contributed by atoms with Gasteiger partial charge in [0, 0.05) is 11.3 Å². The average molecular weight is 416 g/mol. The molecule has 9 heteroatoms. The van der Waals surface area contributed by atoms with Crippen LogP contribution >= 0.6 is 23.2 Å². The zero-order valence-corrected chi connectivity index (χ0v) is 16.2. The molecule has 1 N–H and O–H groups in total. The number of esters is 1. The molecule has 0 bridgehead atoms. The standard InChI is InChI=1S/C17H15Cl2NO5S/c1-10(16(21)20-15-9-12(18)6-7-14(15)19)25-17(22)11-4-3-5-13(8-11)26(2,23)24/h3-10H,1-2H3,(H,20,21)/t10-/m1/s1. The third-order valence-electron chi connectivity index (χ3n) is 3.34. The van der Waals surface area contributed by atoms with E-state index >= 15 is 0 Å². The first-order chi connectivity index (χ1) is 12.1. The zero-order valence-electron chi connectivity index (χ0n) is 13.8. The first kappa shape index (κ1) is 20.2. The molecule has 0 saturated heterocycles. The number of carbonyl (C=O) groups is 2. The second-order valence-electron chi connectivity index (χ2n) is 5.46. The van der Waals surface area contributed by atoms with Gasteiger partial charge in [-0.25, -0.2) is 13.2 Å². The third kappa shape index (κ3) is 5.20. The van der Waals surface area contributed by atoms with Crippen molar-refractivity contribution in [1.82, 2.24) is 0 Å². The Bertz CT molecular complexity index is 959. The van der Waals surface area contributed by atoms with E-state index in [-0.39, 0.29) is 21.2 Å². The number of amides is 1. The molecular weight excluding hydrogens is 401 g/mol. The van der Waals surface area contributed by atoms with Gasteiger partial charge in [0.15, 0.2) is 15.9 Å². The van der Waals surface area contributed by atoms with Crippen molar-refractivity contribution in [3.63, 3.8) is 0 Å². The maximum atomic E-state index is 12.2. The van der Waals surface area contributed by atoms with Gasteiger partial charge in [0.05, 0.1) is 21.2 Å². The van der Waals surface area contributed by atoms with Gasteiger partial charge in [0.2, 0.25) is 0 Å². The number of sulfone groups is 1. The molecule has 0 unspecified atom stereocenters. The van der Waals surface area contributed by atoms with Crippen molar-refractivity contribution in [2.75, 3.05) is 11.6 Å². The van der Waals surface area contributed by atoms with E-state index in [2.05, 4.69) is 5.32 Å². The van der Waals surface area contributed by atoms with E-state index < -0.39 is 27.8 Å². The summed E-state index contributed by atoms with van der Waals surface area (Å²) < 4.78 is 28.2. The molecule has 0 aromatic heterocycles. The summed E-state index contributed by atoms with van der Waals surface area (Å²) in [4.78, 5) is 24.3. The quantitative estimate of drug-likeness (QED) is 0.753. The molecule has 0 radical (unpaired) electrons. The van der Waals surface area contributed by atoms with Crippen molar-refractivity contribution in [3.05, 3.63) is 58.1 Å². The van der Waals surface area contributed by atoms with Gasteiger partial charge in [-0.05, 0) is 43.3 Å². The first-order valence-corrected chi connectivity index (χ1v) is 9.99. The minimum atomic E-state index is -3.47. The predicted octanol–water partition coefficient (Wildman–Crippen LogP) is 3.58. The molecule has 0 aliphatic rings. The number of carbonyl (C=O) groups excluding carboxylic acids is 2. The minimum Gasteiger partial charge on any atom is -0.449 e. The number of rotatable bonds is 5.